The van der Waals surface area contributed by atoms with Crippen molar-refractivity contribution in [3.63, 3.8) is 0 Å². The summed E-state index contributed by atoms with van der Waals surface area (Å²) in [5.74, 6) is 0.448. The second kappa shape index (κ2) is 12.2. The second-order valence-corrected chi connectivity index (χ2v) is 11.3. The Bertz CT molecular complexity index is 1710. The largest absolute Gasteiger partial charge is 0.507 e. The van der Waals surface area contributed by atoms with Gasteiger partial charge in [-0.3, -0.25) is 9.69 Å². The standard InChI is InChI=1S/C32H26Cl2F3N3O2/c33-23-13-21(18-40-10-8-20(9-11-40)12-19-4-2-1-3-5-19)30(41)26(15-23)29-16-24(27(17-38)31(42)39-29)25-14-22(32(35,36)37)6-7-28(25)34/h1-7,13-16,20,41H,8-12,18H2,(H,39,42). The van der Waals surface area contributed by atoms with Gasteiger partial charge < -0.3 is 10.1 Å². The highest BCUT2D eigenvalue weighted by Crippen LogP contribution is 2.40. The van der Waals surface area contributed by atoms with E-state index >= 15 is 0 Å². The molecule has 0 radical (unpaired) electrons. The summed E-state index contributed by atoms with van der Waals surface area (Å²) < 4.78 is 40.3. The van der Waals surface area contributed by atoms with Crippen molar-refractivity contribution >= 4 is 23.2 Å². The van der Waals surface area contributed by atoms with E-state index in [4.69, 9.17) is 23.2 Å². The number of nitrogens with zero attached hydrogens (tertiary/aromatic N) is 2. The maximum atomic E-state index is 13.4. The van der Waals surface area contributed by atoms with Gasteiger partial charge in [0, 0.05) is 38.8 Å². The molecule has 0 unspecified atom stereocenters. The summed E-state index contributed by atoms with van der Waals surface area (Å²) in [6.45, 7) is 2.10. The van der Waals surface area contributed by atoms with Gasteiger partial charge in [-0.25, -0.2) is 0 Å². The molecule has 2 heterocycles. The molecule has 1 aliphatic rings. The number of piperidine rings is 1. The molecular weight excluding hydrogens is 586 g/mol. The Kier molecular flexibility index (Phi) is 8.65. The van der Waals surface area contributed by atoms with Crippen LogP contribution in [0.25, 0.3) is 22.4 Å². The lowest BCUT2D eigenvalue weighted by Gasteiger charge is -2.32. The fraction of sp³-hybridized carbons (Fsp3) is 0.250. The average molecular weight is 612 g/mol. The number of nitriles is 1. The molecular formula is C32H26Cl2F3N3O2. The van der Waals surface area contributed by atoms with Gasteiger partial charge >= 0.3 is 6.18 Å². The van der Waals surface area contributed by atoms with Crippen LogP contribution < -0.4 is 5.56 Å². The van der Waals surface area contributed by atoms with E-state index in [2.05, 4.69) is 22.0 Å². The fourth-order valence-electron chi connectivity index (χ4n) is 5.45. The summed E-state index contributed by atoms with van der Waals surface area (Å²) in [5.41, 5.74) is -0.303. The molecule has 0 bridgehead atoms. The Labute approximate surface area is 250 Å². The summed E-state index contributed by atoms with van der Waals surface area (Å²) >= 11 is 12.7. The van der Waals surface area contributed by atoms with E-state index < -0.39 is 22.9 Å². The van der Waals surface area contributed by atoms with Crippen LogP contribution in [0.15, 0.2) is 71.5 Å². The Balaban J connectivity index is 1.45. The number of rotatable bonds is 6. The molecule has 2 N–H and O–H groups in total. The lowest BCUT2D eigenvalue weighted by molar-refractivity contribution is -0.137. The van der Waals surface area contributed by atoms with Crippen LogP contribution in [-0.2, 0) is 19.1 Å². The number of hydrogen-bond donors (Lipinski definition) is 2. The number of aromatic amines is 1. The molecule has 0 saturated carbocycles. The molecule has 1 fully saturated rings. The lowest BCUT2D eigenvalue weighted by Crippen LogP contribution is -2.33. The first-order valence-electron chi connectivity index (χ1n) is 13.4. The summed E-state index contributed by atoms with van der Waals surface area (Å²) in [5, 5.41) is 21.2. The van der Waals surface area contributed by atoms with E-state index in [1.165, 1.54) is 17.7 Å². The lowest BCUT2D eigenvalue weighted by atomic mass is 9.90. The van der Waals surface area contributed by atoms with Crippen LogP contribution in [0.5, 0.6) is 5.75 Å². The maximum Gasteiger partial charge on any atom is 0.416 e. The third kappa shape index (κ3) is 6.49. The number of aromatic nitrogens is 1. The van der Waals surface area contributed by atoms with Crippen molar-refractivity contribution in [1.29, 1.82) is 5.26 Å². The molecule has 0 spiro atoms. The number of phenols is 1. The van der Waals surface area contributed by atoms with Crippen molar-refractivity contribution in [3.05, 3.63) is 109 Å². The minimum atomic E-state index is -4.66. The zero-order chi connectivity index (χ0) is 30.0. The quantitative estimate of drug-likeness (QED) is 0.231. The van der Waals surface area contributed by atoms with Crippen LogP contribution in [0.3, 0.4) is 0 Å². The highest BCUT2D eigenvalue weighted by atomic mass is 35.5. The van der Waals surface area contributed by atoms with E-state index in [1.807, 2.05) is 18.2 Å². The van der Waals surface area contributed by atoms with Crippen molar-refractivity contribution in [3.8, 4) is 34.2 Å². The van der Waals surface area contributed by atoms with Crippen LogP contribution in [0.2, 0.25) is 10.0 Å². The Hall–Kier alpha value is -3.77. The first-order chi connectivity index (χ1) is 20.0. The van der Waals surface area contributed by atoms with Gasteiger partial charge in [0.05, 0.1) is 11.3 Å². The van der Waals surface area contributed by atoms with Gasteiger partial charge in [-0.1, -0.05) is 53.5 Å². The number of H-pyrrole nitrogens is 1. The van der Waals surface area contributed by atoms with Crippen molar-refractivity contribution in [2.45, 2.75) is 32.0 Å². The van der Waals surface area contributed by atoms with Gasteiger partial charge in [0.1, 0.15) is 17.4 Å². The first kappa shape index (κ1) is 29.7. The summed E-state index contributed by atoms with van der Waals surface area (Å²) in [4.78, 5) is 17.7. The molecule has 4 aromatic rings. The van der Waals surface area contributed by atoms with E-state index in [1.54, 1.807) is 12.1 Å². The molecule has 0 aliphatic carbocycles. The zero-order valence-electron chi connectivity index (χ0n) is 22.3. The number of aromatic hydroxyl groups is 1. The Morgan fingerprint density at radius 1 is 0.976 bits per heavy atom. The number of hydrogen-bond acceptors (Lipinski definition) is 4. The molecule has 0 amide bonds. The van der Waals surface area contributed by atoms with E-state index in [0.717, 1.165) is 50.6 Å². The fourth-order valence-corrected chi connectivity index (χ4v) is 5.91. The first-order valence-corrected chi connectivity index (χ1v) is 14.1. The van der Waals surface area contributed by atoms with E-state index in [9.17, 15) is 28.3 Å². The van der Waals surface area contributed by atoms with Crippen molar-refractivity contribution in [1.82, 2.24) is 9.88 Å². The van der Waals surface area contributed by atoms with Gasteiger partial charge in [-0.15, -0.1) is 0 Å². The Morgan fingerprint density at radius 2 is 1.69 bits per heavy atom. The third-order valence-corrected chi connectivity index (χ3v) is 8.19. The molecule has 216 valence electrons. The number of likely N-dealkylation sites (tertiary alicyclic amines) is 1. The highest BCUT2D eigenvalue weighted by molar-refractivity contribution is 6.33. The molecule has 42 heavy (non-hydrogen) atoms. The number of pyridine rings is 1. The third-order valence-electron chi connectivity index (χ3n) is 7.64. The molecule has 0 atom stereocenters. The predicted molar refractivity (Wildman–Crippen MR) is 157 cm³/mol. The molecule has 10 heteroatoms. The zero-order valence-corrected chi connectivity index (χ0v) is 23.8. The van der Waals surface area contributed by atoms with Gasteiger partial charge in [-0.05, 0) is 80.2 Å². The minimum absolute atomic E-state index is 0.0669. The predicted octanol–water partition coefficient (Wildman–Crippen LogP) is 8.07. The summed E-state index contributed by atoms with van der Waals surface area (Å²) in [6.07, 6.45) is -1.63. The molecule has 5 rings (SSSR count). The van der Waals surface area contributed by atoms with Gasteiger partial charge in [-0.2, -0.15) is 18.4 Å². The van der Waals surface area contributed by atoms with Crippen LogP contribution >= 0.6 is 23.2 Å². The highest BCUT2D eigenvalue weighted by Gasteiger charge is 2.31. The van der Waals surface area contributed by atoms with Crippen molar-refractivity contribution in [2.24, 2.45) is 5.92 Å². The monoisotopic (exact) mass is 611 g/mol. The smallest absolute Gasteiger partial charge is 0.416 e. The second-order valence-electron chi connectivity index (χ2n) is 10.5. The number of benzene rings is 3. The molecule has 1 saturated heterocycles. The summed E-state index contributed by atoms with van der Waals surface area (Å²) in [7, 11) is 0. The topological polar surface area (TPSA) is 80.1 Å². The molecule has 1 aliphatic heterocycles. The van der Waals surface area contributed by atoms with Crippen molar-refractivity contribution in [2.75, 3.05) is 13.1 Å². The SMILES string of the molecule is N#Cc1c(-c2cc(C(F)(F)F)ccc2Cl)cc(-c2cc(Cl)cc(CN3CCC(Cc4ccccc4)CC3)c2O)[nH]c1=O. The molecule has 5 nitrogen and oxygen atoms in total. The van der Waals surface area contributed by atoms with Gasteiger partial charge in [0.2, 0.25) is 0 Å². The minimum Gasteiger partial charge on any atom is -0.507 e. The normalized spacial score (nSPS) is 14.6. The van der Waals surface area contributed by atoms with Crippen LogP contribution in [0.1, 0.15) is 35.1 Å². The van der Waals surface area contributed by atoms with Crippen LogP contribution in [0, 0.1) is 17.2 Å². The van der Waals surface area contributed by atoms with Crippen LogP contribution in [0.4, 0.5) is 13.2 Å². The van der Waals surface area contributed by atoms with E-state index in [0.29, 0.717) is 23.0 Å². The van der Waals surface area contributed by atoms with E-state index in [-0.39, 0.29) is 33.2 Å². The number of phenolic OH excluding ortho intramolecular Hbond substituents is 1. The number of alkyl halides is 3. The average Bonchev–Trinajstić information content (AvgIpc) is 2.95. The molecule has 1 aromatic heterocycles. The number of halogens is 5. The van der Waals surface area contributed by atoms with Gasteiger partial charge in [0.25, 0.3) is 5.56 Å². The maximum absolute atomic E-state index is 13.4. The Morgan fingerprint density at radius 3 is 2.36 bits per heavy atom. The number of nitrogens with one attached hydrogen (secondary N) is 1. The molecule has 3 aromatic carbocycles. The summed E-state index contributed by atoms with van der Waals surface area (Å²) in [6, 6.07) is 19.3. The van der Waals surface area contributed by atoms with Gasteiger partial charge in [0.15, 0.2) is 0 Å². The van der Waals surface area contributed by atoms with Crippen LogP contribution in [-0.4, -0.2) is 28.1 Å². The van der Waals surface area contributed by atoms with Crippen molar-refractivity contribution < 1.29 is 18.3 Å².